The number of hydrogen-bond donors (Lipinski definition) is 4. The first kappa shape index (κ1) is 29.0. The van der Waals surface area contributed by atoms with Gasteiger partial charge < -0.3 is 30.4 Å². The van der Waals surface area contributed by atoms with E-state index in [1.165, 1.54) is 6.26 Å². The summed E-state index contributed by atoms with van der Waals surface area (Å²) in [4.78, 5) is 28.4. The summed E-state index contributed by atoms with van der Waals surface area (Å²) in [6, 6.07) is 3.29. The van der Waals surface area contributed by atoms with Crippen LogP contribution in [-0.4, -0.2) is 55.8 Å². The summed E-state index contributed by atoms with van der Waals surface area (Å²) in [7, 11) is 0. The Bertz CT molecular complexity index is 659. The zero-order valence-corrected chi connectivity index (χ0v) is 21.6. The molecular formula is C21H38IN5O4. The van der Waals surface area contributed by atoms with Crippen molar-refractivity contribution >= 4 is 41.9 Å². The number of guanidine groups is 1. The summed E-state index contributed by atoms with van der Waals surface area (Å²) in [5.41, 5.74) is -0.535. The molecular weight excluding hydrogens is 513 g/mol. The van der Waals surface area contributed by atoms with E-state index in [4.69, 9.17) is 9.15 Å². The molecule has 0 radical (unpaired) electrons. The van der Waals surface area contributed by atoms with Gasteiger partial charge >= 0.3 is 6.09 Å². The van der Waals surface area contributed by atoms with Crippen LogP contribution >= 0.6 is 24.0 Å². The van der Waals surface area contributed by atoms with Crippen LogP contribution in [-0.2, 0) is 4.74 Å². The smallest absolute Gasteiger partial charge is 0.407 e. The predicted octanol–water partition coefficient (Wildman–Crippen LogP) is 3.27. The lowest BCUT2D eigenvalue weighted by molar-refractivity contribution is 0.0522. The van der Waals surface area contributed by atoms with Crippen molar-refractivity contribution in [3.05, 3.63) is 24.2 Å². The van der Waals surface area contributed by atoms with Gasteiger partial charge in [0.05, 0.1) is 12.8 Å². The molecule has 0 aromatic carbocycles. The summed E-state index contributed by atoms with van der Waals surface area (Å²) in [6.07, 6.45) is 3.98. The van der Waals surface area contributed by atoms with E-state index in [9.17, 15) is 9.59 Å². The zero-order valence-electron chi connectivity index (χ0n) is 19.2. The van der Waals surface area contributed by atoms with Gasteiger partial charge in [-0.15, -0.1) is 24.0 Å². The molecule has 31 heavy (non-hydrogen) atoms. The van der Waals surface area contributed by atoms with Gasteiger partial charge in [-0.2, -0.15) is 0 Å². The number of amides is 2. The molecule has 1 rings (SSSR count). The van der Waals surface area contributed by atoms with Crippen LogP contribution in [0.1, 0.15) is 64.4 Å². The number of carbonyl (C=O) groups excluding carboxylic acids is 2. The van der Waals surface area contributed by atoms with Crippen LogP contribution in [0.15, 0.2) is 27.8 Å². The normalized spacial score (nSPS) is 12.4. The highest BCUT2D eigenvalue weighted by molar-refractivity contribution is 14.0. The Labute approximate surface area is 202 Å². The van der Waals surface area contributed by atoms with Gasteiger partial charge in [0.15, 0.2) is 11.7 Å². The SMILES string of the molecule is CCCCC(CNC(=O)OC(C)(C)C)NC(=NCCNC(=O)c1ccco1)NCC.I. The summed E-state index contributed by atoms with van der Waals surface area (Å²) < 4.78 is 10.4. The van der Waals surface area contributed by atoms with Crippen LogP contribution in [0.4, 0.5) is 4.79 Å². The molecule has 0 saturated carbocycles. The fourth-order valence-electron chi connectivity index (χ4n) is 2.54. The maximum Gasteiger partial charge on any atom is 0.407 e. The molecule has 0 bridgehead atoms. The van der Waals surface area contributed by atoms with Crippen molar-refractivity contribution in [3.63, 3.8) is 0 Å². The number of alkyl carbamates (subject to hydrolysis) is 1. The maximum atomic E-state index is 12.0. The summed E-state index contributed by atoms with van der Waals surface area (Å²) in [5, 5.41) is 12.1. The Morgan fingerprint density at radius 3 is 2.52 bits per heavy atom. The molecule has 0 aliphatic carbocycles. The first-order valence-electron chi connectivity index (χ1n) is 10.6. The minimum absolute atomic E-state index is 0. The average molecular weight is 551 g/mol. The van der Waals surface area contributed by atoms with Crippen LogP contribution in [0, 0.1) is 0 Å². The third-order valence-electron chi connectivity index (χ3n) is 3.90. The number of halogens is 1. The van der Waals surface area contributed by atoms with Crippen LogP contribution < -0.4 is 21.3 Å². The lowest BCUT2D eigenvalue weighted by Gasteiger charge is -2.24. The van der Waals surface area contributed by atoms with Crippen molar-refractivity contribution < 1.29 is 18.7 Å². The van der Waals surface area contributed by atoms with Crippen molar-refractivity contribution in [2.75, 3.05) is 26.2 Å². The van der Waals surface area contributed by atoms with Crippen molar-refractivity contribution in [1.82, 2.24) is 21.3 Å². The molecule has 1 heterocycles. The molecule has 0 aliphatic rings. The lowest BCUT2D eigenvalue weighted by Crippen LogP contribution is -2.49. The third-order valence-corrected chi connectivity index (χ3v) is 3.90. The van der Waals surface area contributed by atoms with E-state index in [0.29, 0.717) is 32.1 Å². The summed E-state index contributed by atoms with van der Waals surface area (Å²) >= 11 is 0. The number of ether oxygens (including phenoxy) is 1. The van der Waals surface area contributed by atoms with E-state index < -0.39 is 11.7 Å². The Morgan fingerprint density at radius 1 is 1.19 bits per heavy atom. The Morgan fingerprint density at radius 2 is 1.94 bits per heavy atom. The van der Waals surface area contributed by atoms with Crippen molar-refractivity contribution in [2.24, 2.45) is 4.99 Å². The van der Waals surface area contributed by atoms with E-state index in [2.05, 4.69) is 33.2 Å². The van der Waals surface area contributed by atoms with Gasteiger partial charge in [0, 0.05) is 25.7 Å². The van der Waals surface area contributed by atoms with Gasteiger partial charge in [-0.1, -0.05) is 19.8 Å². The highest BCUT2D eigenvalue weighted by atomic mass is 127. The van der Waals surface area contributed by atoms with Gasteiger partial charge in [-0.3, -0.25) is 9.79 Å². The fourth-order valence-corrected chi connectivity index (χ4v) is 2.54. The molecule has 10 heteroatoms. The summed E-state index contributed by atoms with van der Waals surface area (Å²) in [6.45, 7) is 11.5. The molecule has 0 fully saturated rings. The van der Waals surface area contributed by atoms with E-state index in [-0.39, 0.29) is 41.7 Å². The molecule has 1 unspecified atom stereocenters. The van der Waals surface area contributed by atoms with E-state index in [1.54, 1.807) is 12.1 Å². The number of carbonyl (C=O) groups is 2. The highest BCUT2D eigenvalue weighted by Crippen LogP contribution is 2.07. The average Bonchev–Trinajstić information content (AvgIpc) is 3.20. The predicted molar refractivity (Wildman–Crippen MR) is 133 cm³/mol. The number of unbranched alkanes of at least 4 members (excludes halogenated alkanes) is 1. The minimum Gasteiger partial charge on any atom is -0.459 e. The molecule has 2 amide bonds. The van der Waals surface area contributed by atoms with Crippen molar-refractivity contribution in [3.8, 4) is 0 Å². The van der Waals surface area contributed by atoms with Gasteiger partial charge in [0.1, 0.15) is 5.60 Å². The lowest BCUT2D eigenvalue weighted by atomic mass is 10.1. The van der Waals surface area contributed by atoms with Crippen molar-refractivity contribution in [1.29, 1.82) is 0 Å². The van der Waals surface area contributed by atoms with Crippen molar-refractivity contribution in [2.45, 2.75) is 65.5 Å². The Kier molecular flexibility index (Phi) is 14.8. The molecule has 178 valence electrons. The molecule has 0 spiro atoms. The fraction of sp³-hybridized carbons (Fsp3) is 0.667. The monoisotopic (exact) mass is 551 g/mol. The third kappa shape index (κ3) is 13.8. The van der Waals surface area contributed by atoms with Gasteiger partial charge in [-0.25, -0.2) is 4.79 Å². The van der Waals surface area contributed by atoms with Gasteiger partial charge in [0.2, 0.25) is 0 Å². The van der Waals surface area contributed by atoms with E-state index in [1.807, 2.05) is 27.7 Å². The number of rotatable bonds is 11. The molecule has 1 atom stereocenters. The summed E-state index contributed by atoms with van der Waals surface area (Å²) in [5.74, 6) is 0.643. The largest absolute Gasteiger partial charge is 0.459 e. The second-order valence-electron chi connectivity index (χ2n) is 7.86. The number of furan rings is 1. The molecule has 0 saturated heterocycles. The second kappa shape index (κ2) is 15.8. The van der Waals surface area contributed by atoms with E-state index in [0.717, 1.165) is 19.3 Å². The number of hydrogen-bond acceptors (Lipinski definition) is 5. The molecule has 4 N–H and O–H groups in total. The number of aliphatic imine (C=N–C) groups is 1. The topological polar surface area (TPSA) is 117 Å². The molecule has 0 aliphatic heterocycles. The minimum atomic E-state index is -0.535. The standard InChI is InChI=1S/C21H37N5O4.HI/c1-6-8-10-16(15-25-20(28)30-21(3,4)5)26-19(22-7-2)24-13-12-23-18(27)17-11-9-14-29-17;/h9,11,14,16H,6-8,10,12-13,15H2,1-5H3,(H,23,27)(H,25,28)(H2,22,24,26);1H. The first-order valence-corrected chi connectivity index (χ1v) is 10.6. The maximum absolute atomic E-state index is 12.0. The van der Waals surface area contributed by atoms with E-state index >= 15 is 0 Å². The molecule has 9 nitrogen and oxygen atoms in total. The zero-order chi connectivity index (χ0) is 22.4. The van der Waals surface area contributed by atoms with Crippen LogP contribution in [0.5, 0.6) is 0 Å². The first-order chi connectivity index (χ1) is 14.2. The highest BCUT2D eigenvalue weighted by Gasteiger charge is 2.18. The Hall–Kier alpha value is -1.98. The number of nitrogens with zero attached hydrogens (tertiary/aromatic N) is 1. The quantitative estimate of drug-likeness (QED) is 0.145. The molecule has 1 aromatic rings. The van der Waals surface area contributed by atoms with Crippen LogP contribution in [0.25, 0.3) is 0 Å². The van der Waals surface area contributed by atoms with Crippen LogP contribution in [0.2, 0.25) is 0 Å². The second-order valence-corrected chi connectivity index (χ2v) is 7.86. The van der Waals surface area contributed by atoms with Crippen LogP contribution in [0.3, 0.4) is 0 Å². The Balaban J connectivity index is 0.00000900. The number of nitrogens with one attached hydrogen (secondary N) is 4. The van der Waals surface area contributed by atoms with Gasteiger partial charge in [-0.05, 0) is 46.2 Å². The van der Waals surface area contributed by atoms with Gasteiger partial charge in [0.25, 0.3) is 5.91 Å². The molecule has 1 aromatic heterocycles.